The number of benzene rings is 1. The number of amides is 2. The van der Waals surface area contributed by atoms with Crippen LogP contribution in [-0.4, -0.2) is 40.5 Å². The summed E-state index contributed by atoms with van der Waals surface area (Å²) in [5.41, 5.74) is 1.25. The molecule has 1 aromatic carbocycles. The molecule has 0 aromatic heterocycles. The third kappa shape index (κ3) is 3.82. The van der Waals surface area contributed by atoms with Crippen LogP contribution in [0.1, 0.15) is 43.5 Å². The van der Waals surface area contributed by atoms with Crippen LogP contribution >= 0.6 is 0 Å². The SMILES string of the molecule is CC(=O)Nc1ccc(C(=O)N2CCCC[C@H]2[C@@H](C)O)cc1. The summed E-state index contributed by atoms with van der Waals surface area (Å²) in [6.07, 6.45) is 2.33. The molecule has 1 aliphatic rings. The molecule has 0 aliphatic carbocycles. The Kier molecular flexibility index (Phi) is 4.96. The van der Waals surface area contributed by atoms with Crippen LogP contribution in [0.4, 0.5) is 5.69 Å². The van der Waals surface area contributed by atoms with Crippen LogP contribution in [0.2, 0.25) is 0 Å². The number of carbonyl (C=O) groups is 2. The monoisotopic (exact) mass is 290 g/mol. The topological polar surface area (TPSA) is 69.6 Å². The van der Waals surface area contributed by atoms with Crippen molar-refractivity contribution in [2.45, 2.75) is 45.3 Å². The molecule has 0 bridgehead atoms. The first-order chi connectivity index (χ1) is 9.99. The average Bonchev–Trinajstić information content (AvgIpc) is 2.46. The number of aliphatic hydroxyl groups is 1. The number of nitrogens with one attached hydrogen (secondary N) is 1. The molecular weight excluding hydrogens is 268 g/mol. The third-order valence-corrected chi connectivity index (χ3v) is 3.82. The van der Waals surface area contributed by atoms with Gasteiger partial charge in [-0.1, -0.05) is 0 Å². The molecule has 2 amide bonds. The van der Waals surface area contributed by atoms with Crippen LogP contribution in [0.5, 0.6) is 0 Å². The fraction of sp³-hybridized carbons (Fsp3) is 0.500. The molecule has 114 valence electrons. The molecular formula is C16H22N2O3. The number of anilines is 1. The van der Waals surface area contributed by atoms with E-state index in [0.717, 1.165) is 19.3 Å². The highest BCUT2D eigenvalue weighted by Crippen LogP contribution is 2.22. The van der Waals surface area contributed by atoms with E-state index in [4.69, 9.17) is 0 Å². The molecule has 5 heteroatoms. The lowest BCUT2D eigenvalue weighted by Crippen LogP contribution is -2.48. The van der Waals surface area contributed by atoms with E-state index in [-0.39, 0.29) is 17.9 Å². The van der Waals surface area contributed by atoms with E-state index in [1.165, 1.54) is 6.92 Å². The molecule has 1 aliphatic heterocycles. The number of nitrogens with zero attached hydrogens (tertiary/aromatic N) is 1. The minimum atomic E-state index is -0.520. The van der Waals surface area contributed by atoms with Crippen molar-refractivity contribution in [3.8, 4) is 0 Å². The number of aliphatic hydroxyl groups excluding tert-OH is 1. The van der Waals surface area contributed by atoms with Crippen molar-refractivity contribution < 1.29 is 14.7 Å². The predicted molar refractivity (Wildman–Crippen MR) is 81.1 cm³/mol. The lowest BCUT2D eigenvalue weighted by atomic mass is 9.97. The van der Waals surface area contributed by atoms with Gasteiger partial charge in [-0.3, -0.25) is 9.59 Å². The maximum absolute atomic E-state index is 12.6. The minimum absolute atomic E-state index is 0.0602. The summed E-state index contributed by atoms with van der Waals surface area (Å²) in [5.74, 6) is -0.200. The first kappa shape index (κ1) is 15.5. The van der Waals surface area contributed by atoms with Crippen LogP contribution in [0, 0.1) is 0 Å². The van der Waals surface area contributed by atoms with Gasteiger partial charge in [0, 0.05) is 24.7 Å². The lowest BCUT2D eigenvalue weighted by molar-refractivity contribution is -0.114. The Balaban J connectivity index is 2.12. The number of hydrogen-bond acceptors (Lipinski definition) is 3. The molecule has 0 unspecified atom stereocenters. The molecule has 2 rings (SSSR count). The van der Waals surface area contributed by atoms with Crippen LogP contribution in [0.15, 0.2) is 24.3 Å². The number of carbonyl (C=O) groups excluding carboxylic acids is 2. The van der Waals surface area contributed by atoms with E-state index in [0.29, 0.717) is 17.8 Å². The Morgan fingerprint density at radius 3 is 2.52 bits per heavy atom. The Labute approximate surface area is 125 Å². The Morgan fingerprint density at radius 1 is 1.29 bits per heavy atom. The van der Waals surface area contributed by atoms with Gasteiger partial charge in [0.1, 0.15) is 0 Å². The van der Waals surface area contributed by atoms with Gasteiger partial charge in [-0.15, -0.1) is 0 Å². The fourth-order valence-corrected chi connectivity index (χ4v) is 2.78. The highest BCUT2D eigenvalue weighted by molar-refractivity contribution is 5.95. The highest BCUT2D eigenvalue weighted by Gasteiger charge is 2.30. The zero-order valence-corrected chi connectivity index (χ0v) is 12.5. The van der Waals surface area contributed by atoms with Crippen LogP contribution < -0.4 is 5.32 Å². The summed E-state index contributed by atoms with van der Waals surface area (Å²) in [6.45, 7) is 3.86. The van der Waals surface area contributed by atoms with Crippen molar-refractivity contribution in [1.29, 1.82) is 0 Å². The van der Waals surface area contributed by atoms with Crippen molar-refractivity contribution in [2.24, 2.45) is 0 Å². The minimum Gasteiger partial charge on any atom is -0.391 e. The standard InChI is InChI=1S/C16H22N2O3/c1-11(19)15-5-3-4-10-18(15)16(21)13-6-8-14(9-7-13)17-12(2)20/h6-9,11,15,19H,3-5,10H2,1-2H3,(H,17,20)/t11-,15+/m1/s1. The fourth-order valence-electron chi connectivity index (χ4n) is 2.78. The number of hydrogen-bond donors (Lipinski definition) is 2. The van der Waals surface area contributed by atoms with Gasteiger partial charge in [0.15, 0.2) is 0 Å². The summed E-state index contributed by atoms with van der Waals surface area (Å²) in [6, 6.07) is 6.75. The van der Waals surface area contributed by atoms with E-state index in [9.17, 15) is 14.7 Å². The smallest absolute Gasteiger partial charge is 0.254 e. The number of likely N-dealkylation sites (tertiary alicyclic amines) is 1. The molecule has 2 N–H and O–H groups in total. The van der Waals surface area contributed by atoms with Gasteiger partial charge < -0.3 is 15.3 Å². The first-order valence-corrected chi connectivity index (χ1v) is 7.35. The van der Waals surface area contributed by atoms with E-state index >= 15 is 0 Å². The first-order valence-electron chi connectivity index (χ1n) is 7.35. The quantitative estimate of drug-likeness (QED) is 0.894. The third-order valence-electron chi connectivity index (χ3n) is 3.82. The normalized spacial score (nSPS) is 20.0. The maximum atomic E-state index is 12.6. The predicted octanol–water partition coefficient (Wildman–Crippen LogP) is 2.02. The average molecular weight is 290 g/mol. The second-order valence-electron chi connectivity index (χ2n) is 5.56. The molecule has 1 fully saturated rings. The van der Waals surface area contributed by atoms with Gasteiger partial charge in [-0.25, -0.2) is 0 Å². The van der Waals surface area contributed by atoms with Crippen molar-refractivity contribution in [2.75, 3.05) is 11.9 Å². The second kappa shape index (κ2) is 6.72. The summed E-state index contributed by atoms with van der Waals surface area (Å²) in [4.78, 5) is 25.3. The summed E-state index contributed by atoms with van der Waals surface area (Å²) < 4.78 is 0. The van der Waals surface area contributed by atoms with E-state index in [1.807, 2.05) is 0 Å². The lowest BCUT2D eigenvalue weighted by Gasteiger charge is -2.37. The summed E-state index contributed by atoms with van der Waals surface area (Å²) in [5, 5.41) is 12.5. The highest BCUT2D eigenvalue weighted by atomic mass is 16.3. The molecule has 1 heterocycles. The van der Waals surface area contributed by atoms with Gasteiger partial charge >= 0.3 is 0 Å². The van der Waals surface area contributed by atoms with E-state index < -0.39 is 6.10 Å². The maximum Gasteiger partial charge on any atom is 0.254 e. The Hall–Kier alpha value is -1.88. The molecule has 21 heavy (non-hydrogen) atoms. The van der Waals surface area contributed by atoms with E-state index in [2.05, 4.69) is 5.32 Å². The van der Waals surface area contributed by atoms with Crippen LogP contribution in [-0.2, 0) is 4.79 Å². The van der Waals surface area contributed by atoms with Gasteiger partial charge in [-0.2, -0.15) is 0 Å². The van der Waals surface area contributed by atoms with Crippen molar-refractivity contribution in [3.63, 3.8) is 0 Å². The Bertz CT molecular complexity index is 511. The zero-order chi connectivity index (χ0) is 15.4. The largest absolute Gasteiger partial charge is 0.391 e. The molecule has 1 aromatic rings. The summed E-state index contributed by atoms with van der Waals surface area (Å²) in [7, 11) is 0. The van der Waals surface area contributed by atoms with Gasteiger partial charge in [0.05, 0.1) is 12.1 Å². The molecule has 1 saturated heterocycles. The van der Waals surface area contributed by atoms with Crippen molar-refractivity contribution >= 4 is 17.5 Å². The van der Waals surface area contributed by atoms with Crippen molar-refractivity contribution in [3.05, 3.63) is 29.8 Å². The summed E-state index contributed by atoms with van der Waals surface area (Å²) >= 11 is 0. The van der Waals surface area contributed by atoms with Crippen LogP contribution in [0.3, 0.4) is 0 Å². The van der Waals surface area contributed by atoms with Gasteiger partial charge in [0.25, 0.3) is 5.91 Å². The Morgan fingerprint density at radius 2 is 1.95 bits per heavy atom. The second-order valence-corrected chi connectivity index (χ2v) is 5.56. The van der Waals surface area contributed by atoms with Crippen molar-refractivity contribution in [1.82, 2.24) is 4.90 Å². The van der Waals surface area contributed by atoms with Crippen LogP contribution in [0.25, 0.3) is 0 Å². The zero-order valence-electron chi connectivity index (χ0n) is 12.5. The molecule has 0 spiro atoms. The number of rotatable bonds is 3. The molecule has 0 saturated carbocycles. The van der Waals surface area contributed by atoms with E-state index in [1.54, 1.807) is 36.1 Å². The molecule has 5 nitrogen and oxygen atoms in total. The van der Waals surface area contributed by atoms with Gasteiger partial charge in [-0.05, 0) is 50.5 Å². The molecule has 0 radical (unpaired) electrons. The molecule has 2 atom stereocenters. The van der Waals surface area contributed by atoms with Gasteiger partial charge in [0.2, 0.25) is 5.91 Å². The number of piperidine rings is 1.